The monoisotopic (exact) mass is 466 g/mol. The van der Waals surface area contributed by atoms with Gasteiger partial charge in [-0.25, -0.2) is 4.57 Å². The van der Waals surface area contributed by atoms with Crippen molar-refractivity contribution in [1.82, 2.24) is 0 Å². The molecule has 31 heavy (non-hydrogen) atoms. The molecule has 0 aromatic rings. The molecule has 184 valence electrons. The summed E-state index contributed by atoms with van der Waals surface area (Å²) >= 11 is 0. The molecule has 0 aromatic carbocycles. The zero-order chi connectivity index (χ0) is 23.2. The fourth-order valence-electron chi connectivity index (χ4n) is 2.79. The maximum atomic E-state index is 11.8. The van der Waals surface area contributed by atoms with Crippen LogP contribution in [0, 0.1) is 0 Å². The average molecular weight is 467 g/mol. The van der Waals surface area contributed by atoms with Crippen molar-refractivity contribution in [2.45, 2.75) is 104 Å². The van der Waals surface area contributed by atoms with Crippen LogP contribution in [0.3, 0.4) is 0 Å². The smallest absolute Gasteiger partial charge is 0.466 e. The number of ether oxygens (including phenoxy) is 2. The van der Waals surface area contributed by atoms with Crippen molar-refractivity contribution < 1.29 is 37.6 Å². The summed E-state index contributed by atoms with van der Waals surface area (Å²) in [4.78, 5) is 32.1. The highest BCUT2D eigenvalue weighted by Crippen LogP contribution is 2.43. The summed E-state index contributed by atoms with van der Waals surface area (Å²) in [5.41, 5.74) is 0. The van der Waals surface area contributed by atoms with Gasteiger partial charge in [-0.05, 0) is 38.5 Å². The zero-order valence-electron chi connectivity index (χ0n) is 19.5. The zero-order valence-corrected chi connectivity index (χ0v) is 20.4. The van der Waals surface area contributed by atoms with Gasteiger partial charge in [-0.3, -0.25) is 18.6 Å². The van der Waals surface area contributed by atoms with E-state index < -0.39 is 7.82 Å². The third kappa shape index (κ3) is 22.0. The predicted octanol–water partition coefficient (Wildman–Crippen LogP) is 5.71. The molecule has 0 heterocycles. The van der Waals surface area contributed by atoms with Crippen molar-refractivity contribution in [3.05, 3.63) is 0 Å². The number of unbranched alkanes of at least 4 members (excludes halogenated alkanes) is 8. The summed E-state index contributed by atoms with van der Waals surface area (Å²) in [5.74, 6) is -0.278. The molecule has 0 bridgehead atoms. The molecule has 9 heteroatoms. The van der Waals surface area contributed by atoms with Gasteiger partial charge in [-0.2, -0.15) is 0 Å². The summed E-state index contributed by atoms with van der Waals surface area (Å²) in [6, 6.07) is 0. The molecule has 0 unspecified atom stereocenters. The molecule has 1 N–H and O–H groups in total. The first kappa shape index (κ1) is 30.0. The van der Waals surface area contributed by atoms with Crippen molar-refractivity contribution in [1.29, 1.82) is 0 Å². The number of hydrogen-bond donors (Lipinski definition) is 1. The van der Waals surface area contributed by atoms with Crippen LogP contribution in [0.4, 0.5) is 0 Å². The molecule has 0 aliphatic heterocycles. The first-order valence-corrected chi connectivity index (χ1v) is 13.3. The molecule has 0 aliphatic rings. The Kier molecular flexibility index (Phi) is 20.3. The number of hydrogen-bond acceptors (Lipinski definition) is 7. The van der Waals surface area contributed by atoms with Crippen LogP contribution in [0.5, 0.6) is 0 Å². The second-order valence-electron chi connectivity index (χ2n) is 7.61. The van der Waals surface area contributed by atoms with Gasteiger partial charge in [-0.1, -0.05) is 52.4 Å². The fraction of sp³-hybridized carbons (Fsp3) is 0.909. The molecule has 0 amide bonds. The Morgan fingerprint density at radius 1 is 0.613 bits per heavy atom. The van der Waals surface area contributed by atoms with E-state index in [1.165, 1.54) is 0 Å². The van der Waals surface area contributed by atoms with Gasteiger partial charge in [0.2, 0.25) is 0 Å². The van der Waals surface area contributed by atoms with Crippen molar-refractivity contribution in [3.8, 4) is 0 Å². The van der Waals surface area contributed by atoms with Crippen LogP contribution in [-0.4, -0.2) is 43.3 Å². The SMILES string of the molecule is CCCC(=O)OCCCCCCCOP(=O)(O)OCCCCCCCOC(=O)CCC. The molecule has 0 atom stereocenters. The van der Waals surface area contributed by atoms with E-state index in [1.54, 1.807) is 0 Å². The second-order valence-corrected chi connectivity index (χ2v) is 9.06. The standard InChI is InChI=1S/C22H43O8P/c1-3-15-21(23)27-17-11-7-5-9-13-19-29-31(25,26)30-20-14-10-6-8-12-18-28-22(24)16-4-2/h3-20H2,1-2H3,(H,25,26). The van der Waals surface area contributed by atoms with Crippen molar-refractivity contribution in [2.75, 3.05) is 26.4 Å². The molecule has 0 spiro atoms. The van der Waals surface area contributed by atoms with Crippen LogP contribution in [0.15, 0.2) is 0 Å². The van der Waals surface area contributed by atoms with Crippen LogP contribution in [0.1, 0.15) is 104 Å². The fourth-order valence-corrected chi connectivity index (χ4v) is 3.58. The van der Waals surface area contributed by atoms with Crippen LogP contribution in [-0.2, 0) is 32.7 Å². The Balaban J connectivity index is 3.42. The molecule has 0 rings (SSSR count). The molecule has 8 nitrogen and oxygen atoms in total. The van der Waals surface area contributed by atoms with E-state index in [-0.39, 0.29) is 25.2 Å². The van der Waals surface area contributed by atoms with E-state index in [0.29, 0.717) is 38.9 Å². The minimum absolute atomic E-state index is 0.139. The highest BCUT2D eigenvalue weighted by atomic mass is 31.2. The largest absolute Gasteiger partial charge is 0.472 e. The minimum Gasteiger partial charge on any atom is -0.466 e. The number of carbonyl (C=O) groups excluding carboxylic acids is 2. The summed E-state index contributed by atoms with van der Waals surface area (Å²) in [7, 11) is -3.98. The maximum absolute atomic E-state index is 11.8. The molecule has 0 saturated carbocycles. The molecule has 0 saturated heterocycles. The van der Waals surface area contributed by atoms with E-state index in [1.807, 2.05) is 13.8 Å². The second kappa shape index (κ2) is 20.9. The van der Waals surface area contributed by atoms with E-state index in [2.05, 4.69) is 0 Å². The molecule has 0 radical (unpaired) electrons. The van der Waals surface area contributed by atoms with Gasteiger partial charge in [0.25, 0.3) is 0 Å². The van der Waals surface area contributed by atoms with Crippen LogP contribution in [0.2, 0.25) is 0 Å². The van der Waals surface area contributed by atoms with Crippen molar-refractivity contribution >= 4 is 19.8 Å². The van der Waals surface area contributed by atoms with Gasteiger partial charge in [0.05, 0.1) is 26.4 Å². The Morgan fingerprint density at radius 3 is 1.29 bits per heavy atom. The molecule has 0 aliphatic carbocycles. The lowest BCUT2D eigenvalue weighted by atomic mass is 10.1. The van der Waals surface area contributed by atoms with Gasteiger partial charge in [0, 0.05) is 12.8 Å². The summed E-state index contributed by atoms with van der Waals surface area (Å²) < 4.78 is 32.0. The van der Waals surface area contributed by atoms with Gasteiger partial charge in [0.1, 0.15) is 0 Å². The number of phosphoric ester groups is 1. The Labute approximate surface area is 188 Å². The Bertz CT molecular complexity index is 458. The van der Waals surface area contributed by atoms with Gasteiger partial charge < -0.3 is 14.4 Å². The Hall–Kier alpha value is -0.950. The van der Waals surface area contributed by atoms with Gasteiger partial charge >= 0.3 is 19.8 Å². The quantitative estimate of drug-likeness (QED) is 0.123. The molecular formula is C22H43O8P. The highest BCUT2D eigenvalue weighted by molar-refractivity contribution is 7.47. The topological polar surface area (TPSA) is 108 Å². The van der Waals surface area contributed by atoms with Crippen molar-refractivity contribution in [2.24, 2.45) is 0 Å². The van der Waals surface area contributed by atoms with E-state index in [4.69, 9.17) is 18.5 Å². The summed E-state index contributed by atoms with van der Waals surface area (Å²) in [6.07, 6.45) is 11.2. The van der Waals surface area contributed by atoms with Crippen molar-refractivity contribution in [3.63, 3.8) is 0 Å². The molecule has 0 fully saturated rings. The van der Waals surface area contributed by atoms with Gasteiger partial charge in [0.15, 0.2) is 0 Å². The van der Waals surface area contributed by atoms with E-state index in [0.717, 1.165) is 64.2 Å². The Morgan fingerprint density at radius 2 is 0.935 bits per heavy atom. The summed E-state index contributed by atoms with van der Waals surface area (Å²) in [6.45, 7) is 5.19. The van der Waals surface area contributed by atoms with Gasteiger partial charge in [-0.15, -0.1) is 0 Å². The van der Waals surface area contributed by atoms with Crippen LogP contribution < -0.4 is 0 Å². The lowest BCUT2D eigenvalue weighted by molar-refractivity contribution is -0.144. The lowest BCUT2D eigenvalue weighted by Crippen LogP contribution is -2.05. The normalized spacial score (nSPS) is 11.5. The third-order valence-corrected chi connectivity index (χ3v) is 5.54. The van der Waals surface area contributed by atoms with Crippen LogP contribution >= 0.6 is 7.82 Å². The minimum atomic E-state index is -3.98. The summed E-state index contributed by atoms with van der Waals surface area (Å²) in [5, 5.41) is 0. The molecule has 0 aromatic heterocycles. The highest BCUT2D eigenvalue weighted by Gasteiger charge is 2.19. The first-order chi connectivity index (χ1) is 14.9. The maximum Gasteiger partial charge on any atom is 0.472 e. The lowest BCUT2D eigenvalue weighted by Gasteiger charge is -2.12. The van der Waals surface area contributed by atoms with E-state index in [9.17, 15) is 19.0 Å². The van der Waals surface area contributed by atoms with Crippen LogP contribution in [0.25, 0.3) is 0 Å². The first-order valence-electron chi connectivity index (χ1n) is 11.8. The average Bonchev–Trinajstić information content (AvgIpc) is 2.71. The number of phosphoric acid groups is 1. The molecular weight excluding hydrogens is 423 g/mol. The third-order valence-electron chi connectivity index (χ3n) is 4.52. The number of rotatable bonds is 22. The number of esters is 2. The van der Waals surface area contributed by atoms with E-state index >= 15 is 0 Å². The number of carbonyl (C=O) groups is 2. The predicted molar refractivity (Wildman–Crippen MR) is 120 cm³/mol.